The molecule has 0 aliphatic carbocycles. The Morgan fingerprint density at radius 3 is 1.82 bits per heavy atom. The number of carbonyl (C=O) groups is 2. The molecule has 11 nitrogen and oxygen atoms in total. The summed E-state index contributed by atoms with van der Waals surface area (Å²) in [7, 11) is 7.20. The largest absolute Gasteiger partial charge is 0.369 e. The van der Waals surface area contributed by atoms with Crippen LogP contribution in [-0.4, -0.2) is 62.0 Å². The topological polar surface area (TPSA) is 140 Å². The molecule has 6 rings (SSSR count). The number of amides is 2. The minimum Gasteiger partial charge on any atom is -0.369 e. The second kappa shape index (κ2) is 9.51. The molecule has 11 heteroatoms. The summed E-state index contributed by atoms with van der Waals surface area (Å²) in [4.78, 5) is 35.9. The molecule has 2 aliphatic heterocycles. The van der Waals surface area contributed by atoms with Crippen LogP contribution >= 0.6 is 0 Å². The van der Waals surface area contributed by atoms with Crippen molar-refractivity contribution in [1.29, 1.82) is 0 Å². The Hall–Kier alpha value is -4.67. The fourth-order valence-corrected chi connectivity index (χ4v) is 5.25. The Kier molecular flexibility index (Phi) is 6.40. The number of benzene rings is 2. The van der Waals surface area contributed by atoms with Crippen LogP contribution in [0.1, 0.15) is 37.8 Å². The van der Waals surface area contributed by atoms with Gasteiger partial charge >= 0.3 is 0 Å². The van der Waals surface area contributed by atoms with Gasteiger partial charge in [0.25, 0.3) is 0 Å². The Balaban J connectivity index is 0.000000161. The van der Waals surface area contributed by atoms with Crippen LogP contribution in [0, 0.1) is 0 Å². The maximum atomic E-state index is 12.0. The number of aryl methyl sites for hydroxylation is 2. The number of carbonyl (C=O) groups excluding carboxylic acids is 2. The molecule has 2 aliphatic rings. The Morgan fingerprint density at radius 2 is 1.27 bits per heavy atom. The first kappa shape index (κ1) is 26.9. The van der Waals surface area contributed by atoms with Gasteiger partial charge in [0.2, 0.25) is 11.8 Å². The first-order chi connectivity index (χ1) is 18.8. The van der Waals surface area contributed by atoms with E-state index in [0.29, 0.717) is 12.8 Å². The molecule has 2 aromatic heterocycles. The predicted octanol–water partition coefficient (Wildman–Crippen LogP) is 2.54. The minimum atomic E-state index is -0.613. The highest BCUT2D eigenvalue weighted by atomic mass is 16.2. The zero-order valence-electron chi connectivity index (χ0n) is 23.7. The summed E-state index contributed by atoms with van der Waals surface area (Å²) >= 11 is 0. The molecule has 2 aromatic carbocycles. The number of nitrogens with two attached hydrogens (primary N) is 2. The quantitative estimate of drug-likeness (QED) is 0.401. The van der Waals surface area contributed by atoms with E-state index in [1.54, 1.807) is 18.8 Å². The van der Waals surface area contributed by atoms with Gasteiger partial charge in [-0.1, -0.05) is 12.1 Å². The summed E-state index contributed by atoms with van der Waals surface area (Å²) < 4.78 is 3.84. The summed E-state index contributed by atoms with van der Waals surface area (Å²) in [5, 5.41) is 6.52. The first-order valence-corrected chi connectivity index (χ1v) is 13.0. The highest BCUT2D eigenvalue weighted by Crippen LogP contribution is 2.35. The molecule has 4 N–H and O–H groups in total. The van der Waals surface area contributed by atoms with Crippen LogP contribution in [0.3, 0.4) is 0 Å². The van der Waals surface area contributed by atoms with Crippen LogP contribution in [0.5, 0.6) is 0 Å². The van der Waals surface area contributed by atoms with Crippen molar-refractivity contribution in [1.82, 2.24) is 24.1 Å². The molecule has 2 atom stereocenters. The molecule has 2 amide bonds. The van der Waals surface area contributed by atoms with E-state index in [2.05, 4.69) is 37.8 Å². The molecule has 0 fully saturated rings. The molecular formula is C29H35N9O2. The number of nitrogens with zero attached hydrogens (tertiary/aromatic N) is 7. The second-order valence-electron chi connectivity index (χ2n) is 11.0. The van der Waals surface area contributed by atoms with Crippen molar-refractivity contribution in [3.8, 4) is 0 Å². The highest BCUT2D eigenvalue weighted by Gasteiger charge is 2.37. The normalized spacial score (nSPS) is 23.2. The standard InChI is InChI=1S/C15H18N4O.C14H17N5O/c1-15(9-13(20)19(3)14(16)17-15)11-4-5-12-10(8-11)6-7-18(12)2;1-14(7-12(20)19(3)13(15)16-14)10-4-5-11-9(6-10)8-18(2)17-11/h4-8H,9H2,1-3H3,(H2,16,17);4-6,8H,7H2,1-3H3,(H2,15,16)/t15-;14-/m00/s1. The van der Waals surface area contributed by atoms with E-state index < -0.39 is 11.1 Å². The third-order valence-electron chi connectivity index (χ3n) is 7.90. The Labute approximate surface area is 232 Å². The zero-order valence-corrected chi connectivity index (χ0v) is 23.7. The van der Waals surface area contributed by atoms with Gasteiger partial charge in [-0.3, -0.25) is 24.1 Å². The molecule has 0 saturated heterocycles. The van der Waals surface area contributed by atoms with E-state index in [4.69, 9.17) is 11.5 Å². The van der Waals surface area contributed by atoms with Crippen LogP contribution in [0.4, 0.5) is 0 Å². The van der Waals surface area contributed by atoms with Gasteiger partial charge in [0.1, 0.15) is 0 Å². The van der Waals surface area contributed by atoms with Gasteiger partial charge in [0.15, 0.2) is 11.9 Å². The van der Waals surface area contributed by atoms with Crippen molar-refractivity contribution in [2.75, 3.05) is 14.1 Å². The average Bonchev–Trinajstić information content (AvgIpc) is 3.46. The lowest BCUT2D eigenvalue weighted by atomic mass is 9.87. The minimum absolute atomic E-state index is 0.00633. The van der Waals surface area contributed by atoms with Crippen molar-refractivity contribution in [3.05, 3.63) is 66.0 Å². The summed E-state index contributed by atoms with van der Waals surface area (Å²) in [6.07, 6.45) is 4.62. The number of hydrogen-bond acceptors (Lipinski definition) is 7. The first-order valence-electron chi connectivity index (χ1n) is 13.0. The number of aliphatic imine (C=N–C) groups is 2. The fraction of sp³-hybridized carbons (Fsp3) is 0.345. The molecule has 4 aromatic rings. The molecule has 0 spiro atoms. The molecule has 40 heavy (non-hydrogen) atoms. The molecule has 0 bridgehead atoms. The van der Waals surface area contributed by atoms with E-state index in [-0.39, 0.29) is 23.7 Å². The molecule has 4 heterocycles. The van der Waals surface area contributed by atoms with Crippen LogP contribution in [-0.2, 0) is 34.8 Å². The lowest BCUT2D eigenvalue weighted by Crippen LogP contribution is -2.47. The number of hydrogen-bond donors (Lipinski definition) is 2. The van der Waals surface area contributed by atoms with Gasteiger partial charge in [0.05, 0.1) is 29.4 Å². The van der Waals surface area contributed by atoms with Gasteiger partial charge in [-0.15, -0.1) is 0 Å². The SMILES string of the molecule is CN1C(=O)C[C@@](C)(c2ccc3c(ccn3C)c2)N=C1N.CN1C(=O)C[C@@](C)(c2ccc3nn(C)cc3c2)N=C1N. The molecular weight excluding hydrogens is 506 g/mol. The van der Waals surface area contributed by atoms with Crippen molar-refractivity contribution in [2.45, 2.75) is 37.8 Å². The number of fused-ring (bicyclic) bond motifs is 2. The summed E-state index contributed by atoms with van der Waals surface area (Å²) in [6.45, 7) is 3.89. The van der Waals surface area contributed by atoms with E-state index in [1.807, 2.05) is 64.6 Å². The van der Waals surface area contributed by atoms with Gasteiger partial charge in [-0.25, -0.2) is 9.98 Å². The van der Waals surface area contributed by atoms with Gasteiger partial charge in [-0.05, 0) is 60.7 Å². The Morgan fingerprint density at radius 1 is 0.750 bits per heavy atom. The van der Waals surface area contributed by atoms with E-state index >= 15 is 0 Å². The van der Waals surface area contributed by atoms with Crippen LogP contribution in [0.25, 0.3) is 21.8 Å². The zero-order chi connectivity index (χ0) is 29.0. The predicted molar refractivity (Wildman–Crippen MR) is 156 cm³/mol. The molecule has 0 saturated carbocycles. The molecule has 0 unspecified atom stereocenters. The van der Waals surface area contributed by atoms with Crippen LogP contribution < -0.4 is 11.5 Å². The van der Waals surface area contributed by atoms with E-state index in [1.165, 1.54) is 9.80 Å². The highest BCUT2D eigenvalue weighted by molar-refractivity contribution is 5.99. The number of aromatic nitrogens is 3. The lowest BCUT2D eigenvalue weighted by molar-refractivity contribution is -0.129. The summed E-state index contributed by atoms with van der Waals surface area (Å²) in [5.41, 5.74) is 14.6. The van der Waals surface area contributed by atoms with Crippen molar-refractivity contribution in [3.63, 3.8) is 0 Å². The van der Waals surface area contributed by atoms with Crippen molar-refractivity contribution < 1.29 is 9.59 Å². The summed E-state index contributed by atoms with van der Waals surface area (Å²) in [6, 6.07) is 14.2. The molecule has 208 valence electrons. The van der Waals surface area contributed by atoms with Crippen LogP contribution in [0.2, 0.25) is 0 Å². The maximum Gasteiger partial charge on any atom is 0.231 e. The fourth-order valence-electron chi connectivity index (χ4n) is 5.25. The third-order valence-corrected chi connectivity index (χ3v) is 7.90. The maximum absolute atomic E-state index is 12.0. The molecule has 0 radical (unpaired) electrons. The Bertz CT molecular complexity index is 1660. The van der Waals surface area contributed by atoms with Crippen LogP contribution in [0.15, 0.2) is 64.8 Å². The van der Waals surface area contributed by atoms with Gasteiger partial charge in [-0.2, -0.15) is 5.10 Å². The van der Waals surface area contributed by atoms with E-state index in [0.717, 1.165) is 32.9 Å². The van der Waals surface area contributed by atoms with Gasteiger partial charge < -0.3 is 16.0 Å². The van der Waals surface area contributed by atoms with Crippen molar-refractivity contribution >= 4 is 45.5 Å². The van der Waals surface area contributed by atoms with Crippen molar-refractivity contribution in [2.24, 2.45) is 35.5 Å². The number of guanidine groups is 2. The van der Waals surface area contributed by atoms with E-state index in [9.17, 15) is 9.59 Å². The average molecular weight is 542 g/mol. The third kappa shape index (κ3) is 4.67. The smallest absolute Gasteiger partial charge is 0.231 e. The monoisotopic (exact) mass is 541 g/mol. The van der Waals surface area contributed by atoms with Gasteiger partial charge in [0, 0.05) is 51.5 Å². The summed E-state index contributed by atoms with van der Waals surface area (Å²) in [5.74, 6) is 0.506. The second-order valence-corrected chi connectivity index (χ2v) is 11.0. The lowest BCUT2D eigenvalue weighted by Gasteiger charge is -2.33. The number of rotatable bonds is 2.